The molecule has 1 fully saturated rings. The molecular formula is C23H29ClN2O5S. The molecule has 32 heavy (non-hydrogen) atoms. The van der Waals surface area contributed by atoms with Crippen molar-refractivity contribution < 1.29 is 22.7 Å². The number of benzene rings is 2. The Balaban J connectivity index is 1.45. The maximum Gasteiger partial charge on any atom is 0.261 e. The topological polar surface area (TPSA) is 84.9 Å². The summed E-state index contributed by atoms with van der Waals surface area (Å²) in [6.07, 6.45) is 2.70. The molecule has 1 atom stereocenters. The van der Waals surface area contributed by atoms with E-state index in [0.29, 0.717) is 36.0 Å². The average molecular weight is 481 g/mol. The number of ether oxygens (including phenoxy) is 2. The molecule has 0 aliphatic carbocycles. The van der Waals surface area contributed by atoms with E-state index in [1.807, 2.05) is 6.92 Å². The lowest BCUT2D eigenvalue weighted by Gasteiger charge is -2.25. The van der Waals surface area contributed by atoms with Crippen LogP contribution in [0.15, 0.2) is 53.4 Å². The molecule has 0 saturated carbocycles. The van der Waals surface area contributed by atoms with E-state index in [-0.39, 0.29) is 24.0 Å². The number of hydrogen-bond donors (Lipinski definition) is 1. The van der Waals surface area contributed by atoms with Crippen LogP contribution in [-0.2, 0) is 14.8 Å². The Kier molecular flexibility index (Phi) is 8.78. The molecule has 0 aromatic heterocycles. The van der Waals surface area contributed by atoms with Crippen molar-refractivity contribution in [2.45, 2.75) is 43.6 Å². The second-order valence-electron chi connectivity index (χ2n) is 7.52. The number of carbonyl (C=O) groups excluding carboxylic acids is 1. The van der Waals surface area contributed by atoms with Gasteiger partial charge in [0.15, 0.2) is 6.10 Å². The van der Waals surface area contributed by atoms with Crippen molar-refractivity contribution in [3.8, 4) is 11.5 Å². The highest BCUT2D eigenvalue weighted by atomic mass is 35.5. The number of rotatable bonds is 10. The summed E-state index contributed by atoms with van der Waals surface area (Å²) in [5.41, 5.74) is 0. The molecule has 2 aromatic carbocycles. The average Bonchev–Trinajstić information content (AvgIpc) is 2.82. The number of halogens is 1. The van der Waals surface area contributed by atoms with Gasteiger partial charge in [0, 0.05) is 13.1 Å². The summed E-state index contributed by atoms with van der Waals surface area (Å²) in [5.74, 6) is 0.752. The van der Waals surface area contributed by atoms with Crippen molar-refractivity contribution in [1.29, 1.82) is 0 Å². The van der Waals surface area contributed by atoms with Crippen molar-refractivity contribution in [1.82, 2.24) is 9.62 Å². The normalized spacial score (nSPS) is 15.7. The summed E-state index contributed by atoms with van der Waals surface area (Å²) in [6.45, 7) is 3.52. The van der Waals surface area contributed by atoms with Gasteiger partial charge in [0.25, 0.3) is 5.91 Å². The highest BCUT2D eigenvalue weighted by Gasteiger charge is 2.25. The number of carbonyl (C=O) groups is 1. The van der Waals surface area contributed by atoms with Gasteiger partial charge in [0.2, 0.25) is 10.0 Å². The van der Waals surface area contributed by atoms with Gasteiger partial charge in [-0.2, -0.15) is 4.31 Å². The highest BCUT2D eigenvalue weighted by molar-refractivity contribution is 7.89. The number of para-hydroxylation sites is 1. The highest BCUT2D eigenvalue weighted by Crippen LogP contribution is 2.25. The maximum absolute atomic E-state index is 12.7. The van der Waals surface area contributed by atoms with Crippen LogP contribution in [0.4, 0.5) is 0 Å². The predicted octanol–water partition coefficient (Wildman–Crippen LogP) is 3.87. The minimum atomic E-state index is -3.46. The van der Waals surface area contributed by atoms with Gasteiger partial charge in [-0.15, -0.1) is 0 Å². The lowest BCUT2D eigenvalue weighted by atomic mass is 10.2. The third-order valence-corrected chi connectivity index (χ3v) is 7.44. The van der Waals surface area contributed by atoms with Gasteiger partial charge in [0.1, 0.15) is 18.1 Å². The third kappa shape index (κ3) is 6.37. The zero-order chi connectivity index (χ0) is 23.0. The Labute approximate surface area is 194 Å². The molecule has 0 unspecified atom stereocenters. The molecule has 1 aliphatic rings. The number of amides is 1. The molecule has 0 bridgehead atoms. The fourth-order valence-electron chi connectivity index (χ4n) is 3.43. The second kappa shape index (κ2) is 11.5. The first kappa shape index (κ1) is 24.4. The zero-order valence-electron chi connectivity index (χ0n) is 18.1. The van der Waals surface area contributed by atoms with Gasteiger partial charge in [0.05, 0.1) is 16.5 Å². The van der Waals surface area contributed by atoms with Crippen LogP contribution in [-0.4, -0.2) is 51.0 Å². The van der Waals surface area contributed by atoms with E-state index in [1.54, 1.807) is 48.5 Å². The van der Waals surface area contributed by atoms with Crippen molar-refractivity contribution in [2.24, 2.45) is 0 Å². The van der Waals surface area contributed by atoms with Crippen LogP contribution in [0, 0.1) is 0 Å². The number of hydrogen-bond acceptors (Lipinski definition) is 5. The van der Waals surface area contributed by atoms with Crippen LogP contribution < -0.4 is 14.8 Å². The summed E-state index contributed by atoms with van der Waals surface area (Å²) < 4.78 is 38.3. The zero-order valence-corrected chi connectivity index (χ0v) is 19.7. The number of sulfonamides is 1. The first-order valence-corrected chi connectivity index (χ1v) is 12.7. The summed E-state index contributed by atoms with van der Waals surface area (Å²) in [5, 5.41) is 3.24. The van der Waals surface area contributed by atoms with E-state index in [2.05, 4.69) is 5.32 Å². The fourth-order valence-corrected chi connectivity index (χ4v) is 5.13. The van der Waals surface area contributed by atoms with Crippen LogP contribution in [0.1, 0.15) is 32.6 Å². The van der Waals surface area contributed by atoms with E-state index >= 15 is 0 Å². The number of piperidine rings is 1. The first-order valence-electron chi connectivity index (χ1n) is 10.8. The second-order valence-corrected chi connectivity index (χ2v) is 9.87. The monoisotopic (exact) mass is 480 g/mol. The standard InChI is InChI=1S/C23H29ClN2O5S/c1-2-21(31-22-9-5-4-8-20(22)24)23(27)25-14-17-30-18-10-12-19(13-11-18)32(28,29)26-15-6-3-7-16-26/h4-5,8-13,21H,2-3,6-7,14-17H2,1H3,(H,25,27)/t21-/m1/s1. The van der Waals surface area contributed by atoms with Gasteiger partial charge in [-0.3, -0.25) is 4.79 Å². The van der Waals surface area contributed by atoms with Crippen molar-refractivity contribution >= 4 is 27.5 Å². The minimum absolute atomic E-state index is 0.243. The SMILES string of the molecule is CC[C@@H](Oc1ccccc1Cl)C(=O)NCCOc1ccc(S(=O)(=O)N2CCCCC2)cc1. The van der Waals surface area contributed by atoms with Crippen LogP contribution in [0.2, 0.25) is 5.02 Å². The maximum atomic E-state index is 12.7. The van der Waals surface area contributed by atoms with Gasteiger partial charge in [-0.25, -0.2) is 8.42 Å². The predicted molar refractivity (Wildman–Crippen MR) is 124 cm³/mol. The van der Waals surface area contributed by atoms with Crippen LogP contribution in [0.5, 0.6) is 11.5 Å². The fraction of sp³-hybridized carbons (Fsp3) is 0.435. The lowest BCUT2D eigenvalue weighted by Crippen LogP contribution is -2.39. The van der Waals surface area contributed by atoms with E-state index in [9.17, 15) is 13.2 Å². The first-order chi connectivity index (χ1) is 15.4. The van der Waals surface area contributed by atoms with Gasteiger partial charge in [-0.05, 0) is 55.7 Å². The van der Waals surface area contributed by atoms with E-state index in [4.69, 9.17) is 21.1 Å². The molecular weight excluding hydrogens is 452 g/mol. The van der Waals surface area contributed by atoms with Crippen LogP contribution in [0.3, 0.4) is 0 Å². The summed E-state index contributed by atoms with van der Waals surface area (Å²) in [4.78, 5) is 12.7. The van der Waals surface area contributed by atoms with E-state index in [0.717, 1.165) is 19.3 Å². The Bertz CT molecular complexity index is 992. The minimum Gasteiger partial charge on any atom is -0.492 e. The number of nitrogens with zero attached hydrogens (tertiary/aromatic N) is 1. The molecule has 0 spiro atoms. The molecule has 1 saturated heterocycles. The molecule has 1 N–H and O–H groups in total. The smallest absolute Gasteiger partial charge is 0.261 e. The molecule has 1 aliphatic heterocycles. The third-order valence-electron chi connectivity index (χ3n) is 5.22. The number of nitrogens with one attached hydrogen (secondary N) is 1. The summed E-state index contributed by atoms with van der Waals surface area (Å²) in [6, 6.07) is 13.4. The van der Waals surface area contributed by atoms with E-state index in [1.165, 1.54) is 4.31 Å². The molecule has 0 radical (unpaired) electrons. The molecule has 1 amide bonds. The van der Waals surface area contributed by atoms with E-state index < -0.39 is 16.1 Å². The Hall–Kier alpha value is -2.29. The van der Waals surface area contributed by atoms with Crippen LogP contribution in [0.25, 0.3) is 0 Å². The molecule has 1 heterocycles. The molecule has 7 nitrogen and oxygen atoms in total. The van der Waals surface area contributed by atoms with Gasteiger partial charge in [-0.1, -0.05) is 37.1 Å². The molecule has 2 aromatic rings. The lowest BCUT2D eigenvalue weighted by molar-refractivity contribution is -0.128. The van der Waals surface area contributed by atoms with Gasteiger partial charge < -0.3 is 14.8 Å². The summed E-state index contributed by atoms with van der Waals surface area (Å²) >= 11 is 6.09. The Morgan fingerprint density at radius 3 is 2.44 bits per heavy atom. The van der Waals surface area contributed by atoms with Crippen molar-refractivity contribution in [2.75, 3.05) is 26.2 Å². The van der Waals surface area contributed by atoms with Crippen molar-refractivity contribution in [3.63, 3.8) is 0 Å². The quantitative estimate of drug-likeness (QED) is 0.522. The largest absolute Gasteiger partial charge is 0.492 e. The Morgan fingerprint density at radius 1 is 1.09 bits per heavy atom. The Morgan fingerprint density at radius 2 is 1.78 bits per heavy atom. The van der Waals surface area contributed by atoms with Crippen LogP contribution >= 0.6 is 11.6 Å². The molecule has 9 heteroatoms. The summed E-state index contributed by atoms with van der Waals surface area (Å²) in [7, 11) is -3.46. The van der Waals surface area contributed by atoms with Crippen molar-refractivity contribution in [3.05, 3.63) is 53.6 Å². The molecule has 174 valence electrons. The molecule has 3 rings (SSSR count). The van der Waals surface area contributed by atoms with Gasteiger partial charge >= 0.3 is 0 Å².